The first-order chi connectivity index (χ1) is 6.63. The van der Waals surface area contributed by atoms with E-state index in [2.05, 4.69) is 6.92 Å². The van der Waals surface area contributed by atoms with Gasteiger partial charge in [0, 0.05) is 13.2 Å². The lowest BCUT2D eigenvalue weighted by Crippen LogP contribution is -2.37. The van der Waals surface area contributed by atoms with Gasteiger partial charge in [-0.15, -0.1) is 0 Å². The second kappa shape index (κ2) is 8.21. The summed E-state index contributed by atoms with van der Waals surface area (Å²) in [7, 11) is 0. The summed E-state index contributed by atoms with van der Waals surface area (Å²) in [4.78, 5) is 0. The Morgan fingerprint density at radius 3 is 2.29 bits per heavy atom. The Hall–Kier alpha value is -0.120. The van der Waals surface area contributed by atoms with E-state index in [1.807, 2.05) is 20.8 Å². The summed E-state index contributed by atoms with van der Waals surface area (Å²) in [5.74, 6) is 0.315. The minimum Gasteiger partial charge on any atom is -0.388 e. The second-order valence-corrected chi connectivity index (χ2v) is 3.81. The fourth-order valence-electron chi connectivity index (χ4n) is 1.38. The summed E-state index contributed by atoms with van der Waals surface area (Å²) in [5.41, 5.74) is 0. The molecule has 0 aliphatic rings. The Balaban J connectivity index is 3.82. The molecule has 0 amide bonds. The Morgan fingerprint density at radius 1 is 1.21 bits per heavy atom. The van der Waals surface area contributed by atoms with Crippen molar-refractivity contribution in [1.82, 2.24) is 0 Å². The quantitative estimate of drug-likeness (QED) is 0.613. The summed E-state index contributed by atoms with van der Waals surface area (Å²) in [6.45, 7) is 9.79. The Kier molecular flexibility index (Phi) is 8.14. The van der Waals surface area contributed by atoms with Gasteiger partial charge in [0.1, 0.15) is 6.10 Å². The van der Waals surface area contributed by atoms with Crippen LogP contribution in [0.5, 0.6) is 0 Å². The van der Waals surface area contributed by atoms with Gasteiger partial charge >= 0.3 is 0 Å². The molecular formula is C11H24O3. The molecular weight excluding hydrogens is 180 g/mol. The summed E-state index contributed by atoms with van der Waals surface area (Å²) in [5, 5.41) is 9.79. The SMILES string of the molecule is CCCOCC(O)C(OCC)C(C)C. The summed E-state index contributed by atoms with van der Waals surface area (Å²) < 4.78 is 10.8. The minimum atomic E-state index is -0.513. The molecule has 0 aromatic carbocycles. The molecule has 3 heteroatoms. The van der Waals surface area contributed by atoms with Gasteiger partial charge in [0.05, 0.1) is 12.7 Å². The van der Waals surface area contributed by atoms with Crippen LogP contribution in [0.2, 0.25) is 0 Å². The van der Waals surface area contributed by atoms with Crippen molar-refractivity contribution in [3.63, 3.8) is 0 Å². The van der Waals surface area contributed by atoms with Crippen molar-refractivity contribution in [1.29, 1.82) is 0 Å². The van der Waals surface area contributed by atoms with Crippen LogP contribution in [0.25, 0.3) is 0 Å². The van der Waals surface area contributed by atoms with Crippen LogP contribution in [0.1, 0.15) is 34.1 Å². The zero-order valence-corrected chi connectivity index (χ0v) is 9.82. The van der Waals surface area contributed by atoms with E-state index in [1.54, 1.807) is 0 Å². The van der Waals surface area contributed by atoms with E-state index < -0.39 is 6.10 Å². The van der Waals surface area contributed by atoms with Crippen molar-refractivity contribution in [2.24, 2.45) is 5.92 Å². The van der Waals surface area contributed by atoms with Gasteiger partial charge in [-0.25, -0.2) is 0 Å². The first kappa shape index (κ1) is 13.9. The highest BCUT2D eigenvalue weighted by molar-refractivity contribution is 4.71. The molecule has 0 aromatic rings. The average Bonchev–Trinajstić information content (AvgIpc) is 2.13. The summed E-state index contributed by atoms with van der Waals surface area (Å²) in [6, 6.07) is 0. The molecule has 0 aliphatic heterocycles. The molecule has 0 bridgehead atoms. The normalized spacial score (nSPS) is 15.9. The third-order valence-electron chi connectivity index (χ3n) is 2.03. The van der Waals surface area contributed by atoms with Gasteiger partial charge in [-0.3, -0.25) is 0 Å². The summed E-state index contributed by atoms with van der Waals surface area (Å²) >= 11 is 0. The average molecular weight is 204 g/mol. The van der Waals surface area contributed by atoms with E-state index in [9.17, 15) is 5.11 Å². The molecule has 0 saturated carbocycles. The van der Waals surface area contributed by atoms with Crippen LogP contribution in [0.4, 0.5) is 0 Å². The smallest absolute Gasteiger partial charge is 0.104 e. The van der Waals surface area contributed by atoms with Crippen molar-refractivity contribution in [3.05, 3.63) is 0 Å². The summed E-state index contributed by atoms with van der Waals surface area (Å²) in [6.07, 6.45) is 0.353. The van der Waals surface area contributed by atoms with Gasteiger partial charge < -0.3 is 14.6 Å². The molecule has 0 saturated heterocycles. The molecule has 0 heterocycles. The molecule has 0 aromatic heterocycles. The molecule has 2 unspecified atom stereocenters. The van der Waals surface area contributed by atoms with E-state index in [1.165, 1.54) is 0 Å². The molecule has 0 aliphatic carbocycles. The molecule has 86 valence electrons. The first-order valence-electron chi connectivity index (χ1n) is 5.50. The lowest BCUT2D eigenvalue weighted by atomic mass is 10.0. The number of rotatable bonds is 8. The fourth-order valence-corrected chi connectivity index (χ4v) is 1.38. The number of aliphatic hydroxyl groups excluding tert-OH is 1. The number of hydrogen-bond acceptors (Lipinski definition) is 3. The third-order valence-corrected chi connectivity index (χ3v) is 2.03. The Labute approximate surface area is 87.4 Å². The van der Waals surface area contributed by atoms with Gasteiger partial charge in [-0.05, 0) is 19.3 Å². The number of aliphatic hydroxyl groups is 1. The van der Waals surface area contributed by atoms with Crippen molar-refractivity contribution in [2.75, 3.05) is 19.8 Å². The van der Waals surface area contributed by atoms with E-state index in [-0.39, 0.29) is 6.10 Å². The molecule has 0 spiro atoms. The van der Waals surface area contributed by atoms with Crippen LogP contribution >= 0.6 is 0 Å². The highest BCUT2D eigenvalue weighted by atomic mass is 16.5. The van der Waals surface area contributed by atoms with Crippen LogP contribution in [0.3, 0.4) is 0 Å². The molecule has 2 atom stereocenters. The van der Waals surface area contributed by atoms with Gasteiger partial charge in [0.25, 0.3) is 0 Å². The van der Waals surface area contributed by atoms with Gasteiger partial charge in [-0.1, -0.05) is 20.8 Å². The molecule has 0 rings (SSSR count). The van der Waals surface area contributed by atoms with Crippen LogP contribution < -0.4 is 0 Å². The Bertz CT molecular complexity index is 126. The number of ether oxygens (including phenoxy) is 2. The van der Waals surface area contributed by atoms with Gasteiger partial charge in [0.15, 0.2) is 0 Å². The van der Waals surface area contributed by atoms with E-state index >= 15 is 0 Å². The van der Waals surface area contributed by atoms with Crippen molar-refractivity contribution < 1.29 is 14.6 Å². The van der Waals surface area contributed by atoms with Crippen molar-refractivity contribution >= 4 is 0 Å². The highest BCUT2D eigenvalue weighted by Crippen LogP contribution is 2.11. The molecule has 3 nitrogen and oxygen atoms in total. The van der Waals surface area contributed by atoms with Crippen LogP contribution in [-0.2, 0) is 9.47 Å². The standard InChI is InChI=1S/C11H24O3/c1-5-7-13-8-10(12)11(9(3)4)14-6-2/h9-12H,5-8H2,1-4H3. The lowest BCUT2D eigenvalue weighted by Gasteiger charge is -2.25. The van der Waals surface area contributed by atoms with Crippen molar-refractivity contribution in [2.45, 2.75) is 46.3 Å². The molecule has 0 fully saturated rings. The molecule has 0 radical (unpaired) electrons. The fraction of sp³-hybridized carbons (Fsp3) is 1.00. The second-order valence-electron chi connectivity index (χ2n) is 3.81. The zero-order valence-electron chi connectivity index (χ0n) is 9.82. The van der Waals surface area contributed by atoms with Gasteiger partial charge in [-0.2, -0.15) is 0 Å². The monoisotopic (exact) mass is 204 g/mol. The molecule has 1 N–H and O–H groups in total. The van der Waals surface area contributed by atoms with Crippen LogP contribution in [0, 0.1) is 5.92 Å². The first-order valence-corrected chi connectivity index (χ1v) is 5.50. The predicted octanol–water partition coefficient (Wildman–Crippen LogP) is 1.83. The van der Waals surface area contributed by atoms with Crippen LogP contribution in [-0.4, -0.2) is 37.1 Å². The predicted molar refractivity (Wildman–Crippen MR) is 57.4 cm³/mol. The van der Waals surface area contributed by atoms with E-state index in [4.69, 9.17) is 9.47 Å². The lowest BCUT2D eigenvalue weighted by molar-refractivity contribution is -0.0871. The third kappa shape index (κ3) is 5.58. The molecule has 14 heavy (non-hydrogen) atoms. The maximum absolute atomic E-state index is 9.79. The van der Waals surface area contributed by atoms with Gasteiger partial charge in [0.2, 0.25) is 0 Å². The highest BCUT2D eigenvalue weighted by Gasteiger charge is 2.22. The Morgan fingerprint density at radius 2 is 1.86 bits per heavy atom. The van der Waals surface area contributed by atoms with Crippen LogP contribution in [0.15, 0.2) is 0 Å². The largest absolute Gasteiger partial charge is 0.388 e. The topological polar surface area (TPSA) is 38.7 Å². The maximum atomic E-state index is 9.79. The van der Waals surface area contributed by atoms with E-state index in [0.717, 1.165) is 6.42 Å². The minimum absolute atomic E-state index is 0.114. The number of hydrogen-bond donors (Lipinski definition) is 1. The van der Waals surface area contributed by atoms with E-state index in [0.29, 0.717) is 25.7 Å². The maximum Gasteiger partial charge on any atom is 0.104 e. The zero-order chi connectivity index (χ0) is 11.0. The van der Waals surface area contributed by atoms with Crippen molar-refractivity contribution in [3.8, 4) is 0 Å².